The number of hydrogen-bond donors (Lipinski definition) is 1. The fraction of sp³-hybridized carbons (Fsp3) is 0.348. The normalized spacial score (nSPS) is 22.1. The van der Waals surface area contributed by atoms with E-state index in [-0.39, 0.29) is 17.4 Å². The molecule has 1 atom stereocenters. The third-order valence-corrected chi connectivity index (χ3v) is 5.81. The summed E-state index contributed by atoms with van der Waals surface area (Å²) in [7, 11) is 1.54. The highest BCUT2D eigenvalue weighted by Gasteiger charge is 2.48. The highest BCUT2D eigenvalue weighted by Crippen LogP contribution is 2.43. The molecule has 2 aromatic rings. The summed E-state index contributed by atoms with van der Waals surface area (Å²) in [6, 6.07) is 9.84. The van der Waals surface area contributed by atoms with Crippen LogP contribution in [-0.4, -0.2) is 39.8 Å². The van der Waals surface area contributed by atoms with Gasteiger partial charge in [0.1, 0.15) is 11.5 Å². The van der Waals surface area contributed by atoms with Crippen LogP contribution in [0.1, 0.15) is 49.3 Å². The molecule has 1 unspecified atom stereocenters. The minimum atomic E-state index is -0.641. The Labute approximate surface area is 169 Å². The Hall–Kier alpha value is -3.15. The Morgan fingerprint density at radius 2 is 1.83 bits per heavy atom. The molecule has 2 heterocycles. The number of benzene rings is 1. The van der Waals surface area contributed by atoms with Crippen LogP contribution in [0.3, 0.4) is 0 Å². The molecule has 29 heavy (non-hydrogen) atoms. The molecule has 6 nitrogen and oxygen atoms in total. The summed E-state index contributed by atoms with van der Waals surface area (Å²) >= 11 is 0. The van der Waals surface area contributed by atoms with E-state index in [9.17, 15) is 14.7 Å². The van der Waals surface area contributed by atoms with Crippen molar-refractivity contribution in [3.8, 4) is 5.75 Å². The van der Waals surface area contributed by atoms with Crippen molar-refractivity contribution in [1.82, 2.24) is 9.88 Å². The molecule has 1 aromatic heterocycles. The van der Waals surface area contributed by atoms with Gasteiger partial charge in [0.2, 0.25) is 0 Å². The maximum atomic E-state index is 13.1. The maximum Gasteiger partial charge on any atom is 0.295 e. The van der Waals surface area contributed by atoms with Gasteiger partial charge in [-0.05, 0) is 42.7 Å². The second-order valence-electron chi connectivity index (χ2n) is 7.51. The molecular formula is C23H24N2O4. The third-order valence-electron chi connectivity index (χ3n) is 5.81. The molecule has 1 aliphatic heterocycles. The molecule has 2 aliphatic rings. The number of pyridine rings is 1. The molecule has 2 fully saturated rings. The lowest BCUT2D eigenvalue weighted by atomic mass is 9.91. The fourth-order valence-electron chi connectivity index (χ4n) is 4.38. The first-order valence-corrected chi connectivity index (χ1v) is 9.96. The van der Waals surface area contributed by atoms with E-state index in [1.807, 2.05) is 0 Å². The zero-order chi connectivity index (χ0) is 20.4. The van der Waals surface area contributed by atoms with Gasteiger partial charge in [-0.1, -0.05) is 31.4 Å². The molecule has 1 aliphatic carbocycles. The average Bonchev–Trinajstić information content (AvgIpc) is 3.05. The monoisotopic (exact) mass is 392 g/mol. The predicted octanol–water partition coefficient (Wildman–Crippen LogP) is 3.84. The van der Waals surface area contributed by atoms with Crippen molar-refractivity contribution in [2.24, 2.45) is 0 Å². The third kappa shape index (κ3) is 3.50. The Balaban J connectivity index is 1.86. The summed E-state index contributed by atoms with van der Waals surface area (Å²) < 4.78 is 5.24. The SMILES string of the molecule is COc1cccc(/C(O)=C2/C(=O)C(=O)N(C3CCCCC3)C2c2ccncc2)c1. The topological polar surface area (TPSA) is 79.7 Å². The van der Waals surface area contributed by atoms with Crippen molar-refractivity contribution in [3.05, 3.63) is 65.5 Å². The number of Topliss-reactive ketones (excluding diaryl/α,β-unsaturated/α-hetero) is 1. The zero-order valence-electron chi connectivity index (χ0n) is 16.4. The number of amides is 1. The number of carbonyl (C=O) groups excluding carboxylic acids is 2. The first-order valence-electron chi connectivity index (χ1n) is 9.96. The van der Waals surface area contributed by atoms with Crippen LogP contribution < -0.4 is 4.74 Å². The van der Waals surface area contributed by atoms with E-state index in [2.05, 4.69) is 4.98 Å². The molecule has 0 radical (unpaired) electrons. The largest absolute Gasteiger partial charge is 0.507 e. The minimum Gasteiger partial charge on any atom is -0.507 e. The zero-order valence-corrected chi connectivity index (χ0v) is 16.4. The van der Waals surface area contributed by atoms with Gasteiger partial charge in [0.25, 0.3) is 11.7 Å². The van der Waals surface area contributed by atoms with E-state index in [4.69, 9.17) is 4.74 Å². The smallest absolute Gasteiger partial charge is 0.295 e. The van der Waals surface area contributed by atoms with E-state index < -0.39 is 17.7 Å². The van der Waals surface area contributed by atoms with Crippen molar-refractivity contribution >= 4 is 17.4 Å². The van der Waals surface area contributed by atoms with Crippen LogP contribution in [-0.2, 0) is 9.59 Å². The molecule has 1 amide bonds. The van der Waals surface area contributed by atoms with Gasteiger partial charge in [0.15, 0.2) is 0 Å². The minimum absolute atomic E-state index is 0.00558. The molecule has 150 valence electrons. The van der Waals surface area contributed by atoms with Crippen molar-refractivity contribution in [1.29, 1.82) is 0 Å². The van der Waals surface area contributed by atoms with Gasteiger partial charge in [0.05, 0.1) is 18.7 Å². The Morgan fingerprint density at radius 3 is 2.52 bits per heavy atom. The highest BCUT2D eigenvalue weighted by atomic mass is 16.5. The van der Waals surface area contributed by atoms with Crippen molar-refractivity contribution in [2.45, 2.75) is 44.2 Å². The predicted molar refractivity (Wildman–Crippen MR) is 108 cm³/mol. The summed E-state index contributed by atoms with van der Waals surface area (Å²) in [5.41, 5.74) is 1.35. The van der Waals surface area contributed by atoms with Crippen LogP contribution in [0.2, 0.25) is 0 Å². The first-order chi connectivity index (χ1) is 14.1. The van der Waals surface area contributed by atoms with Crippen LogP contribution in [0.25, 0.3) is 5.76 Å². The van der Waals surface area contributed by atoms with Gasteiger partial charge in [-0.25, -0.2) is 0 Å². The van der Waals surface area contributed by atoms with Gasteiger partial charge >= 0.3 is 0 Å². The second kappa shape index (κ2) is 8.07. The molecule has 1 N–H and O–H groups in total. The van der Waals surface area contributed by atoms with E-state index >= 15 is 0 Å². The van der Waals surface area contributed by atoms with Gasteiger partial charge in [-0.2, -0.15) is 0 Å². The van der Waals surface area contributed by atoms with Crippen molar-refractivity contribution < 1.29 is 19.4 Å². The number of nitrogens with zero attached hydrogens (tertiary/aromatic N) is 2. The standard InChI is InChI=1S/C23H24N2O4/c1-29-18-9-5-6-16(14-18)21(26)19-20(15-10-12-24-13-11-15)25(23(28)22(19)27)17-7-3-2-4-8-17/h5-6,9-14,17,20,26H,2-4,7-8H2,1H3/b21-19-. The summed E-state index contributed by atoms with van der Waals surface area (Å²) in [4.78, 5) is 31.8. The summed E-state index contributed by atoms with van der Waals surface area (Å²) in [6.07, 6.45) is 8.23. The van der Waals surface area contributed by atoms with E-state index in [1.165, 1.54) is 7.11 Å². The number of methoxy groups -OCH3 is 1. The fourth-order valence-corrected chi connectivity index (χ4v) is 4.38. The van der Waals surface area contributed by atoms with Gasteiger partial charge in [-0.15, -0.1) is 0 Å². The lowest BCUT2D eigenvalue weighted by Gasteiger charge is -2.35. The number of aliphatic hydroxyl groups is 1. The molecule has 6 heteroatoms. The lowest BCUT2D eigenvalue weighted by Crippen LogP contribution is -2.40. The lowest BCUT2D eigenvalue weighted by molar-refractivity contribution is -0.141. The van der Waals surface area contributed by atoms with Gasteiger partial charge in [0, 0.05) is 24.0 Å². The number of hydrogen-bond acceptors (Lipinski definition) is 5. The Bertz CT molecular complexity index is 948. The number of likely N-dealkylation sites (tertiary alicyclic amines) is 1. The molecule has 0 bridgehead atoms. The van der Waals surface area contributed by atoms with Crippen molar-refractivity contribution in [3.63, 3.8) is 0 Å². The molecule has 4 rings (SSSR count). The van der Waals surface area contributed by atoms with Crippen LogP contribution >= 0.6 is 0 Å². The van der Waals surface area contributed by atoms with E-state index in [1.54, 1.807) is 53.7 Å². The quantitative estimate of drug-likeness (QED) is 0.486. The molecule has 1 saturated heterocycles. The van der Waals surface area contributed by atoms with E-state index in [0.29, 0.717) is 11.3 Å². The summed E-state index contributed by atoms with van der Waals surface area (Å²) in [5, 5.41) is 11.1. The van der Waals surface area contributed by atoms with E-state index in [0.717, 1.165) is 37.7 Å². The Kier molecular flexibility index (Phi) is 5.34. The number of rotatable bonds is 4. The number of ketones is 1. The van der Waals surface area contributed by atoms with Gasteiger partial charge < -0.3 is 14.7 Å². The molecule has 1 saturated carbocycles. The van der Waals surface area contributed by atoms with Crippen molar-refractivity contribution in [2.75, 3.05) is 7.11 Å². The number of ether oxygens (including phenoxy) is 1. The van der Waals surface area contributed by atoms with Crippen LogP contribution in [0.4, 0.5) is 0 Å². The van der Waals surface area contributed by atoms with Crippen LogP contribution in [0, 0.1) is 0 Å². The summed E-state index contributed by atoms with van der Waals surface area (Å²) in [6.45, 7) is 0. The Morgan fingerprint density at radius 1 is 1.10 bits per heavy atom. The number of carbonyl (C=O) groups is 2. The second-order valence-corrected chi connectivity index (χ2v) is 7.51. The maximum absolute atomic E-state index is 13.1. The first kappa shape index (κ1) is 19.2. The van der Waals surface area contributed by atoms with Crippen LogP contribution in [0.15, 0.2) is 54.4 Å². The average molecular weight is 392 g/mol. The molecule has 1 aromatic carbocycles. The molecular weight excluding hydrogens is 368 g/mol. The number of aliphatic hydroxyl groups excluding tert-OH is 1. The number of aromatic nitrogens is 1. The van der Waals surface area contributed by atoms with Crippen LogP contribution in [0.5, 0.6) is 5.75 Å². The summed E-state index contributed by atoms with van der Waals surface area (Å²) in [5.74, 6) is -0.792. The highest BCUT2D eigenvalue weighted by molar-refractivity contribution is 6.46. The molecule has 0 spiro atoms. The van der Waals surface area contributed by atoms with Gasteiger partial charge in [-0.3, -0.25) is 14.6 Å².